The molecule has 0 aliphatic rings. The third kappa shape index (κ3) is 7.24. The largest absolute Gasteiger partial charge is 0.467 e. The zero-order valence-electron chi connectivity index (χ0n) is 22.5. The second-order valence-corrected chi connectivity index (χ2v) is 11.8. The summed E-state index contributed by atoms with van der Waals surface area (Å²) in [5.74, 6) is 0.506. The number of thiophene rings is 1. The van der Waals surface area contributed by atoms with Crippen molar-refractivity contribution < 1.29 is 23.5 Å². The first-order valence-corrected chi connectivity index (χ1v) is 12.8. The molecule has 0 bridgehead atoms. The third-order valence-corrected chi connectivity index (χ3v) is 6.20. The highest BCUT2D eigenvalue weighted by Gasteiger charge is 2.29. The molecule has 3 aromatic heterocycles. The lowest BCUT2D eigenvalue weighted by molar-refractivity contribution is 0.0507. The van der Waals surface area contributed by atoms with Crippen molar-refractivity contribution in [3.05, 3.63) is 46.4 Å². The van der Waals surface area contributed by atoms with Gasteiger partial charge in [0.2, 0.25) is 0 Å². The van der Waals surface area contributed by atoms with E-state index in [-0.39, 0.29) is 23.8 Å². The molecule has 0 saturated carbocycles. The van der Waals surface area contributed by atoms with Crippen molar-refractivity contribution in [1.82, 2.24) is 10.3 Å². The fourth-order valence-corrected chi connectivity index (χ4v) is 4.92. The number of carbonyl (C=O) groups excluding carboxylic acids is 2. The molecular weight excluding hydrogens is 506 g/mol. The number of fused-ring (bicyclic) bond motifs is 1. The highest BCUT2D eigenvalue weighted by molar-refractivity contribution is 7.20. The lowest BCUT2D eigenvalue weighted by Crippen LogP contribution is -2.38. The number of ether oxygens (including phenoxy) is 2. The van der Waals surface area contributed by atoms with Crippen LogP contribution in [0.4, 0.5) is 15.3 Å². The van der Waals surface area contributed by atoms with Gasteiger partial charge in [0.1, 0.15) is 40.3 Å². The predicted octanol–water partition coefficient (Wildman–Crippen LogP) is 6.03. The van der Waals surface area contributed by atoms with Crippen molar-refractivity contribution in [3.63, 3.8) is 0 Å². The van der Waals surface area contributed by atoms with Crippen LogP contribution in [0.3, 0.4) is 0 Å². The van der Waals surface area contributed by atoms with Crippen LogP contribution in [0.25, 0.3) is 10.2 Å². The quantitative estimate of drug-likeness (QED) is 0.402. The van der Waals surface area contributed by atoms with Gasteiger partial charge in [-0.05, 0) is 60.6 Å². The van der Waals surface area contributed by atoms with E-state index in [9.17, 15) is 20.1 Å². The summed E-state index contributed by atoms with van der Waals surface area (Å²) in [6, 6.07) is 8.78. The number of nitriles is 2. The van der Waals surface area contributed by atoms with Gasteiger partial charge in [0.15, 0.2) is 0 Å². The van der Waals surface area contributed by atoms with Crippen LogP contribution in [0.5, 0.6) is 0 Å². The van der Waals surface area contributed by atoms with Gasteiger partial charge in [-0.25, -0.2) is 14.6 Å². The zero-order chi connectivity index (χ0) is 28.3. The summed E-state index contributed by atoms with van der Waals surface area (Å²) in [4.78, 5) is 32.0. The van der Waals surface area contributed by atoms with E-state index in [1.165, 1.54) is 28.6 Å². The molecule has 3 rings (SSSR count). The molecule has 0 unspecified atom stereocenters. The number of anilines is 1. The number of carbonyl (C=O) groups is 2. The van der Waals surface area contributed by atoms with E-state index in [1.807, 2.05) is 6.07 Å². The Hall–Kier alpha value is -4.09. The Kier molecular flexibility index (Phi) is 8.33. The molecule has 11 heteroatoms. The van der Waals surface area contributed by atoms with E-state index in [0.29, 0.717) is 33.0 Å². The van der Waals surface area contributed by atoms with Gasteiger partial charge >= 0.3 is 12.2 Å². The number of amides is 2. The Balaban J connectivity index is 2.08. The first kappa shape index (κ1) is 28.5. The minimum Gasteiger partial charge on any atom is -0.467 e. The Morgan fingerprint density at radius 1 is 1.16 bits per heavy atom. The molecular formula is C27H31N5O5S. The van der Waals surface area contributed by atoms with Crippen molar-refractivity contribution in [2.24, 2.45) is 0 Å². The molecule has 200 valence electrons. The molecule has 1 N–H and O–H groups in total. The molecule has 0 aromatic carbocycles. The van der Waals surface area contributed by atoms with E-state index < -0.39 is 23.4 Å². The van der Waals surface area contributed by atoms with Crippen LogP contribution >= 0.6 is 11.3 Å². The van der Waals surface area contributed by atoms with Gasteiger partial charge in [-0.1, -0.05) is 0 Å². The molecule has 1 atom stereocenters. The molecule has 0 aliphatic carbocycles. The summed E-state index contributed by atoms with van der Waals surface area (Å²) in [6.07, 6.45) is 0.611. The maximum Gasteiger partial charge on any atom is 0.415 e. The van der Waals surface area contributed by atoms with Gasteiger partial charge < -0.3 is 19.2 Å². The maximum atomic E-state index is 13.3. The van der Waals surface area contributed by atoms with Gasteiger partial charge in [-0.2, -0.15) is 10.5 Å². The summed E-state index contributed by atoms with van der Waals surface area (Å²) in [5, 5.41) is 22.5. The summed E-state index contributed by atoms with van der Waals surface area (Å²) >= 11 is 1.27. The minimum absolute atomic E-state index is 0.0393. The van der Waals surface area contributed by atoms with Crippen LogP contribution in [0.15, 0.2) is 28.9 Å². The van der Waals surface area contributed by atoms with Crippen LogP contribution in [0.1, 0.15) is 70.4 Å². The van der Waals surface area contributed by atoms with Crippen molar-refractivity contribution >= 4 is 39.4 Å². The van der Waals surface area contributed by atoms with E-state index in [2.05, 4.69) is 16.4 Å². The number of alkyl carbamates (subject to hydrolysis) is 1. The number of hydrogen-bond donors (Lipinski definition) is 1. The second-order valence-electron chi connectivity index (χ2n) is 10.7. The smallest absolute Gasteiger partial charge is 0.415 e. The number of nitrogens with zero attached hydrogens (tertiary/aromatic N) is 4. The van der Waals surface area contributed by atoms with Crippen LogP contribution in [0.2, 0.25) is 0 Å². The Morgan fingerprint density at radius 3 is 2.39 bits per heavy atom. The monoisotopic (exact) mass is 537 g/mol. The number of hydrogen-bond acceptors (Lipinski definition) is 9. The summed E-state index contributed by atoms with van der Waals surface area (Å²) in [5.41, 5.74) is -0.421. The van der Waals surface area contributed by atoms with Gasteiger partial charge in [0.25, 0.3) is 0 Å². The van der Waals surface area contributed by atoms with Crippen LogP contribution in [-0.2, 0) is 22.4 Å². The molecule has 0 spiro atoms. The summed E-state index contributed by atoms with van der Waals surface area (Å²) < 4.78 is 17.0. The van der Waals surface area contributed by atoms with Crippen molar-refractivity contribution in [1.29, 1.82) is 10.5 Å². The average molecular weight is 538 g/mol. The van der Waals surface area contributed by atoms with E-state index >= 15 is 0 Å². The molecule has 10 nitrogen and oxygen atoms in total. The Morgan fingerprint density at radius 2 is 1.84 bits per heavy atom. The molecule has 3 heterocycles. The molecule has 0 fully saturated rings. The number of furan rings is 1. The summed E-state index contributed by atoms with van der Waals surface area (Å²) in [6.45, 7) is 12.4. The van der Waals surface area contributed by atoms with Crippen LogP contribution < -0.4 is 10.2 Å². The third-order valence-electron chi connectivity index (χ3n) is 4.97. The highest BCUT2D eigenvalue weighted by Crippen LogP contribution is 2.39. The van der Waals surface area contributed by atoms with Crippen molar-refractivity contribution in [2.75, 3.05) is 4.90 Å². The molecule has 0 aliphatic heterocycles. The standard InChI is InChI=1S/C27H31N5O5S/c1-16(30-24(33)36-26(2,3)4)11-21-19(14-29)22-23(38-21)20(12-17(13-28)31-22)32(15-18-9-8-10-35-18)25(34)37-27(5,6)7/h8-10,12,16H,11,15H2,1-7H3,(H,30,33)/t16-/m0/s1. The van der Waals surface area contributed by atoms with Crippen molar-refractivity contribution in [2.45, 2.75) is 78.7 Å². The van der Waals surface area contributed by atoms with Crippen molar-refractivity contribution in [3.8, 4) is 12.1 Å². The first-order chi connectivity index (χ1) is 17.7. The van der Waals surface area contributed by atoms with Gasteiger partial charge in [-0.15, -0.1) is 11.3 Å². The number of aromatic nitrogens is 1. The average Bonchev–Trinajstić information content (AvgIpc) is 3.41. The molecule has 2 amide bonds. The minimum atomic E-state index is -0.774. The lowest BCUT2D eigenvalue weighted by atomic mass is 10.1. The molecule has 3 aromatic rings. The van der Waals surface area contributed by atoms with E-state index in [4.69, 9.17) is 13.9 Å². The fourth-order valence-electron chi connectivity index (χ4n) is 3.57. The van der Waals surface area contributed by atoms with Crippen LogP contribution in [-0.4, -0.2) is 34.4 Å². The molecule has 0 radical (unpaired) electrons. The molecule has 0 saturated heterocycles. The topological polar surface area (TPSA) is 141 Å². The van der Waals surface area contributed by atoms with E-state index in [1.54, 1.807) is 60.6 Å². The second kappa shape index (κ2) is 11.1. The SMILES string of the molecule is C[C@@H](Cc1sc2c(N(Cc3ccco3)C(=O)OC(C)(C)C)cc(C#N)nc2c1C#N)NC(=O)OC(C)(C)C. The number of rotatable bonds is 6. The van der Waals surface area contributed by atoms with Gasteiger partial charge in [0, 0.05) is 23.4 Å². The number of pyridine rings is 1. The van der Waals surface area contributed by atoms with Gasteiger partial charge in [-0.3, -0.25) is 4.90 Å². The number of nitrogens with one attached hydrogen (secondary N) is 1. The van der Waals surface area contributed by atoms with Gasteiger partial charge in [0.05, 0.1) is 28.8 Å². The Bertz CT molecular complexity index is 1400. The Labute approximate surface area is 225 Å². The lowest BCUT2D eigenvalue weighted by Gasteiger charge is -2.27. The normalized spacial score (nSPS) is 12.3. The maximum absolute atomic E-state index is 13.3. The van der Waals surface area contributed by atoms with E-state index in [0.717, 1.165) is 0 Å². The first-order valence-electron chi connectivity index (χ1n) is 12.0. The fraction of sp³-hybridized carbons (Fsp3) is 0.444. The summed E-state index contributed by atoms with van der Waals surface area (Å²) in [7, 11) is 0. The zero-order valence-corrected chi connectivity index (χ0v) is 23.4. The van der Waals surface area contributed by atoms with Crippen LogP contribution in [0, 0.1) is 22.7 Å². The molecule has 38 heavy (non-hydrogen) atoms. The predicted molar refractivity (Wildman–Crippen MR) is 143 cm³/mol. The highest BCUT2D eigenvalue weighted by atomic mass is 32.1.